The van der Waals surface area contributed by atoms with Crippen molar-refractivity contribution >= 4 is 17.3 Å². The minimum absolute atomic E-state index is 0.242. The first-order chi connectivity index (χ1) is 9.38. The van der Waals surface area contributed by atoms with E-state index in [2.05, 4.69) is 5.32 Å². The number of nitrogen functional groups attached to an aromatic ring is 1. The van der Waals surface area contributed by atoms with Gasteiger partial charge >= 0.3 is 0 Å². The molecule has 0 aliphatic rings. The first-order valence-electron chi connectivity index (χ1n) is 5.70. The Balaban J connectivity index is 2.35. The quantitative estimate of drug-likeness (QED) is 0.830. The Bertz CT molecular complexity index is 663. The number of nitrogens with one attached hydrogen (secondary N) is 1. The van der Waals surface area contributed by atoms with E-state index in [1.54, 1.807) is 6.92 Å². The summed E-state index contributed by atoms with van der Waals surface area (Å²) in [6.07, 6.45) is 0. The van der Waals surface area contributed by atoms with Gasteiger partial charge in [-0.1, -0.05) is 11.6 Å². The number of anilines is 2. The van der Waals surface area contributed by atoms with Gasteiger partial charge in [0, 0.05) is 6.07 Å². The van der Waals surface area contributed by atoms with Crippen LogP contribution in [0.5, 0.6) is 0 Å². The number of hydrogen-bond donors (Lipinski definition) is 2. The van der Waals surface area contributed by atoms with Crippen molar-refractivity contribution < 1.29 is 18.0 Å². The van der Waals surface area contributed by atoms with Gasteiger partial charge in [-0.15, -0.1) is 0 Å². The van der Waals surface area contributed by atoms with Crippen molar-refractivity contribution in [3.8, 4) is 0 Å². The van der Waals surface area contributed by atoms with Crippen LogP contribution < -0.4 is 11.1 Å². The molecule has 0 unspecified atom stereocenters. The predicted octanol–water partition coefficient (Wildman–Crippen LogP) is 3.25. The standard InChI is InChI=1S/C14H11F3N2O/c1-7-2-3-10(16)9(4-7)14(20)19-13-11(17)5-8(15)6-12(13)18/h2-6H,18H2,1H3,(H,19,20). The molecular formula is C14H11F3N2O. The maximum absolute atomic E-state index is 13.5. The molecule has 0 atom stereocenters. The number of rotatable bonds is 2. The minimum atomic E-state index is -1.02. The van der Waals surface area contributed by atoms with Crippen molar-refractivity contribution in [2.24, 2.45) is 0 Å². The number of hydrogen-bond acceptors (Lipinski definition) is 2. The third kappa shape index (κ3) is 2.74. The topological polar surface area (TPSA) is 55.1 Å². The highest BCUT2D eigenvalue weighted by atomic mass is 19.1. The molecule has 3 nitrogen and oxygen atoms in total. The number of nitrogens with two attached hydrogens (primary N) is 1. The minimum Gasteiger partial charge on any atom is -0.397 e. The van der Waals surface area contributed by atoms with E-state index in [4.69, 9.17) is 5.73 Å². The number of carbonyl (C=O) groups excluding carboxylic acids is 1. The van der Waals surface area contributed by atoms with Crippen LogP contribution in [0.25, 0.3) is 0 Å². The van der Waals surface area contributed by atoms with Crippen molar-refractivity contribution in [2.75, 3.05) is 11.1 Å². The van der Waals surface area contributed by atoms with Crippen molar-refractivity contribution in [1.82, 2.24) is 0 Å². The molecule has 0 fully saturated rings. The lowest BCUT2D eigenvalue weighted by molar-refractivity contribution is 0.102. The van der Waals surface area contributed by atoms with Crippen molar-refractivity contribution in [2.45, 2.75) is 6.92 Å². The third-order valence-corrected chi connectivity index (χ3v) is 2.69. The highest BCUT2D eigenvalue weighted by Crippen LogP contribution is 2.24. The van der Waals surface area contributed by atoms with Crippen LogP contribution in [0.1, 0.15) is 15.9 Å². The van der Waals surface area contributed by atoms with E-state index in [0.717, 1.165) is 12.1 Å². The zero-order chi connectivity index (χ0) is 14.9. The van der Waals surface area contributed by atoms with Gasteiger partial charge in [-0.05, 0) is 25.1 Å². The lowest BCUT2D eigenvalue weighted by atomic mass is 10.1. The van der Waals surface area contributed by atoms with Gasteiger partial charge in [0.25, 0.3) is 5.91 Å². The molecule has 0 aromatic heterocycles. The molecule has 2 aromatic carbocycles. The second kappa shape index (κ2) is 5.24. The predicted molar refractivity (Wildman–Crippen MR) is 69.9 cm³/mol. The molecule has 0 radical (unpaired) electrons. The highest BCUT2D eigenvalue weighted by molar-refractivity contribution is 6.06. The van der Waals surface area contributed by atoms with Crippen LogP contribution in [-0.4, -0.2) is 5.91 Å². The zero-order valence-corrected chi connectivity index (χ0v) is 10.5. The molecule has 1 amide bonds. The molecule has 6 heteroatoms. The Morgan fingerprint density at radius 3 is 2.45 bits per heavy atom. The van der Waals surface area contributed by atoms with Crippen LogP contribution in [0.15, 0.2) is 30.3 Å². The number of amides is 1. The van der Waals surface area contributed by atoms with Crippen LogP contribution >= 0.6 is 0 Å². The zero-order valence-electron chi connectivity index (χ0n) is 10.5. The summed E-state index contributed by atoms with van der Waals surface area (Å²) in [6.45, 7) is 1.68. The number of halogens is 3. The van der Waals surface area contributed by atoms with Gasteiger partial charge in [0.05, 0.1) is 11.3 Å². The van der Waals surface area contributed by atoms with Gasteiger partial charge < -0.3 is 11.1 Å². The molecule has 20 heavy (non-hydrogen) atoms. The van der Waals surface area contributed by atoms with Crippen LogP contribution in [-0.2, 0) is 0 Å². The largest absolute Gasteiger partial charge is 0.397 e. The normalized spacial score (nSPS) is 10.4. The number of benzene rings is 2. The summed E-state index contributed by atoms with van der Waals surface area (Å²) in [6, 6.07) is 5.40. The summed E-state index contributed by atoms with van der Waals surface area (Å²) in [5.74, 6) is -3.48. The first kappa shape index (κ1) is 13.9. The average molecular weight is 280 g/mol. The van der Waals surface area contributed by atoms with Gasteiger partial charge in [0.15, 0.2) is 5.82 Å². The van der Waals surface area contributed by atoms with E-state index < -0.39 is 23.4 Å². The summed E-state index contributed by atoms with van der Waals surface area (Å²) in [5.41, 5.74) is 5.20. The van der Waals surface area contributed by atoms with E-state index in [1.807, 2.05) is 0 Å². The van der Waals surface area contributed by atoms with Crippen LogP contribution in [0, 0.1) is 24.4 Å². The van der Waals surface area contributed by atoms with Crippen molar-refractivity contribution in [3.63, 3.8) is 0 Å². The maximum Gasteiger partial charge on any atom is 0.258 e. The fraction of sp³-hybridized carbons (Fsp3) is 0.0714. The fourth-order valence-corrected chi connectivity index (χ4v) is 1.72. The molecule has 0 spiro atoms. The molecule has 2 aromatic rings. The van der Waals surface area contributed by atoms with Crippen molar-refractivity contribution in [1.29, 1.82) is 0 Å². The highest BCUT2D eigenvalue weighted by Gasteiger charge is 2.16. The summed E-state index contributed by atoms with van der Waals surface area (Å²) < 4.78 is 40.0. The Morgan fingerprint density at radius 1 is 1.10 bits per heavy atom. The van der Waals surface area contributed by atoms with Crippen LogP contribution in [0.2, 0.25) is 0 Å². The van der Waals surface area contributed by atoms with Crippen LogP contribution in [0.4, 0.5) is 24.5 Å². The van der Waals surface area contributed by atoms with Gasteiger partial charge in [-0.2, -0.15) is 0 Å². The summed E-state index contributed by atoms with van der Waals surface area (Å²) >= 11 is 0. The molecular weight excluding hydrogens is 269 g/mol. The lowest BCUT2D eigenvalue weighted by Gasteiger charge is -2.10. The summed E-state index contributed by atoms with van der Waals surface area (Å²) in [7, 11) is 0. The van der Waals surface area contributed by atoms with Gasteiger partial charge in [0.2, 0.25) is 0 Å². The number of carbonyl (C=O) groups is 1. The monoisotopic (exact) mass is 280 g/mol. The van der Waals surface area contributed by atoms with Crippen molar-refractivity contribution in [3.05, 3.63) is 58.9 Å². The smallest absolute Gasteiger partial charge is 0.258 e. The molecule has 0 saturated carbocycles. The average Bonchev–Trinajstić information content (AvgIpc) is 2.36. The van der Waals surface area contributed by atoms with E-state index >= 15 is 0 Å². The molecule has 0 heterocycles. The molecule has 2 rings (SSSR count). The third-order valence-electron chi connectivity index (χ3n) is 2.69. The van der Waals surface area contributed by atoms with E-state index in [1.165, 1.54) is 12.1 Å². The molecule has 0 aliphatic heterocycles. The Kier molecular flexibility index (Phi) is 3.65. The summed E-state index contributed by atoms with van der Waals surface area (Å²) in [5, 5.41) is 2.14. The molecule has 0 saturated heterocycles. The Labute approximate surface area is 113 Å². The molecule has 3 N–H and O–H groups in total. The van der Waals surface area contributed by atoms with E-state index in [-0.39, 0.29) is 16.9 Å². The Morgan fingerprint density at radius 2 is 1.80 bits per heavy atom. The van der Waals surface area contributed by atoms with Gasteiger partial charge in [-0.3, -0.25) is 4.79 Å². The van der Waals surface area contributed by atoms with Crippen LogP contribution in [0.3, 0.4) is 0 Å². The summed E-state index contributed by atoms with van der Waals surface area (Å²) in [4.78, 5) is 11.9. The second-order valence-electron chi connectivity index (χ2n) is 4.29. The lowest BCUT2D eigenvalue weighted by Crippen LogP contribution is -2.16. The van der Waals surface area contributed by atoms with E-state index in [0.29, 0.717) is 11.6 Å². The SMILES string of the molecule is Cc1ccc(F)c(C(=O)Nc2c(N)cc(F)cc2F)c1. The van der Waals surface area contributed by atoms with E-state index in [9.17, 15) is 18.0 Å². The molecule has 0 aliphatic carbocycles. The number of aryl methyl sites for hydroxylation is 1. The van der Waals surface area contributed by atoms with Gasteiger partial charge in [0.1, 0.15) is 17.3 Å². The first-order valence-corrected chi connectivity index (χ1v) is 5.70. The Hall–Kier alpha value is -2.50. The molecule has 0 bridgehead atoms. The fourth-order valence-electron chi connectivity index (χ4n) is 1.72. The maximum atomic E-state index is 13.5. The van der Waals surface area contributed by atoms with Gasteiger partial charge in [-0.25, -0.2) is 13.2 Å². The molecule has 104 valence electrons. The second-order valence-corrected chi connectivity index (χ2v) is 4.29.